The van der Waals surface area contributed by atoms with Crippen LogP contribution >= 0.6 is 11.8 Å². The molecule has 1 aliphatic carbocycles. The number of aromatic nitrogens is 2. The fourth-order valence-corrected chi connectivity index (χ4v) is 7.37. The van der Waals surface area contributed by atoms with Crippen LogP contribution in [0.5, 0.6) is 0 Å². The van der Waals surface area contributed by atoms with E-state index in [9.17, 15) is 19.2 Å². The molecule has 3 heterocycles. The number of likely N-dealkylation sites (N-methyl/N-ethyl adjacent to an activating group) is 1. The number of carbonyl (C=O) groups is 3. The Kier molecular flexibility index (Phi) is 16.6. The van der Waals surface area contributed by atoms with Gasteiger partial charge in [-0.3, -0.25) is 26.8 Å². The molecule has 0 bridgehead atoms. The summed E-state index contributed by atoms with van der Waals surface area (Å²) < 4.78 is 1.66. The van der Waals surface area contributed by atoms with E-state index in [0.29, 0.717) is 47.3 Å². The topological polar surface area (TPSA) is 125 Å². The van der Waals surface area contributed by atoms with E-state index in [4.69, 9.17) is 0 Å². The quantitative estimate of drug-likeness (QED) is 0.105. The van der Waals surface area contributed by atoms with Gasteiger partial charge in [0, 0.05) is 65.5 Å². The number of aryl methyl sites for hydroxylation is 1. The number of carbonyl (C=O) groups excluding carboxylic acids is 4. The van der Waals surface area contributed by atoms with Crippen LogP contribution in [0.4, 0.5) is 10.6 Å². The molecule has 12 heteroatoms. The Morgan fingerprint density at radius 1 is 1.10 bits per heavy atom. The smallest absolute Gasteiger partial charge is 0.317 e. The van der Waals surface area contributed by atoms with Crippen molar-refractivity contribution in [3.05, 3.63) is 109 Å². The molecule has 3 aliphatic rings. The van der Waals surface area contributed by atoms with Crippen LogP contribution in [0.15, 0.2) is 84.0 Å². The number of unbranched alkanes of at least 4 members (excludes halogenated alkanes) is 1. The molecule has 1 unspecified atom stereocenters. The van der Waals surface area contributed by atoms with Gasteiger partial charge in [-0.05, 0) is 31.3 Å². The standard InChI is InChI=1S/C17H14N3O.C13H22N3O2S.C8H8O.Nb/c1-20-16(18-17(21)14-10-6-3-7-11-14)12-15(19-20)13-8-4-2-5-9-13;1-3-14-11(17)7-5-4-6-10-12-9(8-19-10)15-13(18)16(12)2;1-7-4-2-3-5-8(7)6-9;/h3-12H,1H3,(H,18,21);9-10,12H,1,3-8H2,2H3,(H,14,17)(H,15,18);4-5H,1-3H2;/q2*-1;-2;/t;9-,10-,12?;;/m.1../s1. The normalized spacial score (nSPS) is 18.7. The summed E-state index contributed by atoms with van der Waals surface area (Å²) in [6.45, 7) is 7.73. The van der Waals surface area contributed by atoms with Crippen molar-refractivity contribution in [2.75, 3.05) is 24.7 Å². The molecule has 1 aromatic heterocycles. The number of fused-ring (bicyclic) bond motifs is 1. The van der Waals surface area contributed by atoms with Crippen molar-refractivity contribution in [2.24, 2.45) is 7.05 Å². The van der Waals surface area contributed by atoms with E-state index in [1.165, 1.54) is 0 Å². The maximum absolute atomic E-state index is 12.2. The van der Waals surface area contributed by atoms with Crippen LogP contribution in [0.1, 0.15) is 48.9 Å². The van der Waals surface area contributed by atoms with Gasteiger partial charge < -0.3 is 38.1 Å². The second-order valence-electron chi connectivity index (χ2n) is 11.8. The minimum atomic E-state index is -0.147. The fraction of sp³-hybridized carbons (Fsp3) is 0.342. The first-order valence-electron chi connectivity index (χ1n) is 16.4. The van der Waals surface area contributed by atoms with E-state index in [2.05, 4.69) is 41.0 Å². The van der Waals surface area contributed by atoms with Gasteiger partial charge in [-0.25, -0.2) is 16.9 Å². The zero-order chi connectivity index (χ0) is 35.2. The average molecular weight is 774 g/mol. The van der Waals surface area contributed by atoms with Gasteiger partial charge in [0.05, 0.1) is 17.8 Å². The van der Waals surface area contributed by atoms with Gasteiger partial charge in [0.1, 0.15) is 5.82 Å². The number of nitrogens with zero attached hydrogens (tertiary/aromatic N) is 3. The molecule has 1 radical (unpaired) electrons. The monoisotopic (exact) mass is 773 g/mol. The largest absolute Gasteiger partial charge is 0.391 e. The van der Waals surface area contributed by atoms with Crippen molar-refractivity contribution in [2.45, 2.75) is 55.9 Å². The third-order valence-electron chi connectivity index (χ3n) is 8.36. The molecule has 0 spiro atoms. The minimum Gasteiger partial charge on any atom is -0.391 e. The van der Waals surface area contributed by atoms with E-state index >= 15 is 0 Å². The Morgan fingerprint density at radius 3 is 2.48 bits per heavy atom. The summed E-state index contributed by atoms with van der Waals surface area (Å²) in [6.07, 6.45) is 11.2. The molecule has 2 fully saturated rings. The number of hydrogen-bond donors (Lipinski definition) is 3. The van der Waals surface area contributed by atoms with Crippen LogP contribution in [0.25, 0.3) is 11.3 Å². The number of allylic oxidation sites excluding steroid dienone is 4. The van der Waals surface area contributed by atoms with Gasteiger partial charge in [-0.2, -0.15) is 47.2 Å². The summed E-state index contributed by atoms with van der Waals surface area (Å²) in [6, 6.07) is 22.2. The maximum atomic E-state index is 12.2. The van der Waals surface area contributed by atoms with Crippen molar-refractivity contribution in [1.82, 2.24) is 25.3 Å². The van der Waals surface area contributed by atoms with Crippen LogP contribution in [-0.2, 0) is 39.0 Å². The van der Waals surface area contributed by atoms with Crippen molar-refractivity contribution in [1.29, 1.82) is 0 Å². The molecule has 3 N–H and O–H groups in total. The van der Waals surface area contributed by atoms with E-state index in [-0.39, 0.29) is 40.2 Å². The molecule has 10 nitrogen and oxygen atoms in total. The molecule has 2 saturated heterocycles. The Morgan fingerprint density at radius 2 is 1.82 bits per heavy atom. The zero-order valence-corrected chi connectivity index (χ0v) is 31.6. The van der Waals surface area contributed by atoms with Gasteiger partial charge in [0.2, 0.25) is 5.91 Å². The summed E-state index contributed by atoms with van der Waals surface area (Å²) in [7, 11) is 3.68. The van der Waals surface area contributed by atoms with E-state index in [0.717, 1.165) is 54.7 Å². The summed E-state index contributed by atoms with van der Waals surface area (Å²) in [5.41, 5.74) is 3.87. The van der Waals surface area contributed by atoms with E-state index < -0.39 is 0 Å². The third kappa shape index (κ3) is 11.5. The molecule has 6 rings (SSSR count). The molecule has 3 aromatic rings. The van der Waals surface area contributed by atoms with Crippen LogP contribution in [0.2, 0.25) is 0 Å². The first-order valence-corrected chi connectivity index (χ1v) is 17.4. The molecule has 2 aromatic carbocycles. The van der Waals surface area contributed by atoms with Gasteiger partial charge in [-0.15, -0.1) is 12.1 Å². The number of rotatable bonds is 10. The number of hydrogen-bond acceptors (Lipinski definition) is 6. The fourth-order valence-electron chi connectivity index (χ4n) is 5.73. The molecule has 265 valence electrons. The SMILES string of the molecule is Cn1nc(-c2cc[c-]cc2)cc1NC(=O)c1ccccc1.[CH2-]C1=CCCC=C1[C-]=O.[CH2-]CNC(=O)CCCC[C@H]1SC[C@H]2NC(=O)N(C)C21.[Nb]. The molecule has 3 atom stereocenters. The predicted molar refractivity (Wildman–Crippen MR) is 195 cm³/mol. The Bertz CT molecular complexity index is 1630. The number of urea groups is 1. The van der Waals surface area contributed by atoms with Gasteiger partial charge in [-0.1, -0.05) is 37.5 Å². The number of thioether (sulfide) groups is 1. The number of benzene rings is 2. The Labute approximate surface area is 315 Å². The maximum Gasteiger partial charge on any atom is 0.317 e. The van der Waals surface area contributed by atoms with Crippen molar-refractivity contribution in [3.63, 3.8) is 0 Å². The average Bonchev–Trinajstić information content (AvgIpc) is 3.78. The minimum absolute atomic E-state index is 0. The van der Waals surface area contributed by atoms with Gasteiger partial charge >= 0.3 is 6.03 Å². The van der Waals surface area contributed by atoms with Crippen LogP contribution in [0, 0.1) is 19.9 Å². The molecule has 50 heavy (non-hydrogen) atoms. The molecular weight excluding hydrogens is 729 g/mol. The van der Waals surface area contributed by atoms with Crippen LogP contribution in [0.3, 0.4) is 0 Å². The first-order chi connectivity index (χ1) is 23.7. The van der Waals surface area contributed by atoms with E-state index in [1.54, 1.807) is 23.9 Å². The number of nitrogens with one attached hydrogen (secondary N) is 3. The molecule has 2 aliphatic heterocycles. The second-order valence-corrected chi connectivity index (χ2v) is 13.1. The van der Waals surface area contributed by atoms with Crippen molar-refractivity contribution < 1.29 is 41.6 Å². The Balaban J connectivity index is 0.000000216. The summed E-state index contributed by atoms with van der Waals surface area (Å²) in [5, 5.41) is 13.5. The first kappa shape index (κ1) is 40.4. The molecule has 0 saturated carbocycles. The van der Waals surface area contributed by atoms with Crippen molar-refractivity contribution >= 4 is 41.7 Å². The zero-order valence-electron chi connectivity index (χ0n) is 28.6. The van der Waals surface area contributed by atoms with Crippen LogP contribution < -0.4 is 16.0 Å². The number of amides is 4. The Hall–Kier alpha value is -4.03. The number of anilines is 1. The second kappa shape index (κ2) is 20.6. The molecular formula is C38H44N6NbO4S-4. The molecule has 4 amide bonds. The predicted octanol–water partition coefficient (Wildman–Crippen LogP) is 5.72. The van der Waals surface area contributed by atoms with E-state index in [1.807, 2.05) is 90.7 Å². The van der Waals surface area contributed by atoms with Crippen LogP contribution in [-0.4, -0.2) is 75.5 Å². The van der Waals surface area contributed by atoms with Crippen molar-refractivity contribution in [3.8, 4) is 11.3 Å². The summed E-state index contributed by atoms with van der Waals surface area (Å²) in [5.74, 6) is 1.60. The summed E-state index contributed by atoms with van der Waals surface area (Å²) >= 11 is 1.94. The third-order valence-corrected chi connectivity index (χ3v) is 9.85. The van der Waals surface area contributed by atoms with Gasteiger partial charge in [0.25, 0.3) is 5.91 Å². The summed E-state index contributed by atoms with van der Waals surface area (Å²) in [4.78, 5) is 47.0. The van der Waals surface area contributed by atoms with Gasteiger partial charge in [0.15, 0.2) is 0 Å².